The smallest absolute Gasteiger partial charge is 0.395 e. The summed E-state index contributed by atoms with van der Waals surface area (Å²) in [6.07, 6.45) is 3.23. The molecule has 1 aliphatic carbocycles. The zero-order valence-corrected chi connectivity index (χ0v) is 15.2. The molecule has 27 heavy (non-hydrogen) atoms. The predicted octanol–water partition coefficient (Wildman–Crippen LogP) is 3.69. The molecule has 1 aliphatic heterocycles. The summed E-state index contributed by atoms with van der Waals surface area (Å²) in [6.45, 7) is 0.0116. The highest BCUT2D eigenvalue weighted by Crippen LogP contribution is 2.36. The number of aldehydes is 1. The Balaban J connectivity index is 1.59. The van der Waals surface area contributed by atoms with Gasteiger partial charge in [-0.1, -0.05) is 0 Å². The summed E-state index contributed by atoms with van der Waals surface area (Å²) in [6, 6.07) is 0. The van der Waals surface area contributed by atoms with Gasteiger partial charge in [0.05, 0.1) is 5.92 Å². The molecule has 1 fully saturated rings. The number of nitrogens with zero attached hydrogens (tertiary/aromatic N) is 4. The molecular weight excluding hydrogens is 361 g/mol. The van der Waals surface area contributed by atoms with Gasteiger partial charge in [0.2, 0.25) is 5.88 Å². The van der Waals surface area contributed by atoms with Crippen molar-refractivity contribution < 1.29 is 22.7 Å². The van der Waals surface area contributed by atoms with Gasteiger partial charge in [0.25, 0.3) is 0 Å². The van der Waals surface area contributed by atoms with E-state index in [2.05, 4.69) is 15.2 Å². The number of rotatable bonds is 6. The van der Waals surface area contributed by atoms with E-state index in [1.54, 1.807) is 0 Å². The molecule has 0 N–H and O–H groups in total. The number of hydrogen-bond donors (Lipinski definition) is 0. The van der Waals surface area contributed by atoms with Crippen LogP contribution in [-0.4, -0.2) is 33.4 Å². The van der Waals surface area contributed by atoms with Crippen LogP contribution in [0.1, 0.15) is 56.1 Å². The van der Waals surface area contributed by atoms with Gasteiger partial charge in [-0.15, -0.1) is 10.2 Å². The first kappa shape index (κ1) is 19.6. The SMILES string of the molecule is Cn1c(COC2=CC(C(F)(F)F)CC=N2)nnc1C1CCC(CC=O)CC1. The Bertz CT molecular complexity index is 719. The second kappa shape index (κ2) is 8.22. The average molecular weight is 384 g/mol. The molecule has 1 saturated carbocycles. The molecule has 0 radical (unpaired) electrons. The Morgan fingerprint density at radius 3 is 2.67 bits per heavy atom. The zero-order chi connectivity index (χ0) is 19.4. The minimum atomic E-state index is -4.30. The van der Waals surface area contributed by atoms with Crippen molar-refractivity contribution in [3.8, 4) is 0 Å². The van der Waals surface area contributed by atoms with E-state index < -0.39 is 12.1 Å². The standard InChI is InChI=1S/C18H23F3N4O2/c1-25-15(11-27-16-10-14(6-8-22-16)18(19,20)21)23-24-17(25)13-4-2-12(3-5-13)7-9-26/h8-10,12-14H,2-7,11H2,1H3. The van der Waals surface area contributed by atoms with E-state index in [-0.39, 0.29) is 24.8 Å². The number of hydrogen-bond acceptors (Lipinski definition) is 5. The first-order chi connectivity index (χ1) is 12.9. The van der Waals surface area contributed by atoms with Gasteiger partial charge >= 0.3 is 6.18 Å². The molecule has 0 saturated heterocycles. The van der Waals surface area contributed by atoms with Gasteiger partial charge in [-0.2, -0.15) is 13.2 Å². The lowest BCUT2D eigenvalue weighted by molar-refractivity contribution is -0.160. The fourth-order valence-corrected chi connectivity index (χ4v) is 3.64. The maximum absolute atomic E-state index is 12.8. The number of carbonyl (C=O) groups excluding carboxylic acids is 1. The monoisotopic (exact) mass is 384 g/mol. The van der Waals surface area contributed by atoms with Crippen molar-refractivity contribution in [1.82, 2.24) is 14.8 Å². The number of aromatic nitrogens is 3. The lowest BCUT2D eigenvalue weighted by atomic mass is 9.80. The molecule has 2 aliphatic rings. The normalized spacial score (nSPS) is 25.9. The van der Waals surface area contributed by atoms with Crippen LogP contribution in [0, 0.1) is 11.8 Å². The molecule has 0 bridgehead atoms. The van der Waals surface area contributed by atoms with Crippen LogP contribution in [0.4, 0.5) is 13.2 Å². The molecule has 0 amide bonds. The van der Waals surface area contributed by atoms with Crippen LogP contribution in [0.3, 0.4) is 0 Å². The maximum Gasteiger partial charge on any atom is 0.395 e. The van der Waals surface area contributed by atoms with Crippen molar-refractivity contribution in [2.75, 3.05) is 0 Å². The Labute approximate surface area is 155 Å². The van der Waals surface area contributed by atoms with E-state index in [0.29, 0.717) is 18.2 Å². The van der Waals surface area contributed by atoms with E-state index in [1.807, 2.05) is 11.6 Å². The minimum Gasteiger partial charge on any atom is -0.470 e. The van der Waals surface area contributed by atoms with Gasteiger partial charge in [0, 0.05) is 25.6 Å². The number of halogens is 3. The quantitative estimate of drug-likeness (QED) is 0.702. The van der Waals surface area contributed by atoms with E-state index in [9.17, 15) is 18.0 Å². The Morgan fingerprint density at radius 1 is 1.26 bits per heavy atom. The van der Waals surface area contributed by atoms with Crippen molar-refractivity contribution >= 4 is 12.5 Å². The third kappa shape index (κ3) is 4.75. The van der Waals surface area contributed by atoms with Crippen LogP contribution in [0.2, 0.25) is 0 Å². The summed E-state index contributed by atoms with van der Waals surface area (Å²) in [7, 11) is 1.84. The van der Waals surface area contributed by atoms with Gasteiger partial charge < -0.3 is 14.1 Å². The molecule has 3 rings (SSSR count). The molecule has 1 unspecified atom stereocenters. The van der Waals surface area contributed by atoms with E-state index in [1.165, 1.54) is 6.21 Å². The molecule has 6 nitrogen and oxygen atoms in total. The lowest BCUT2D eigenvalue weighted by Gasteiger charge is -2.26. The molecule has 1 aromatic rings. The van der Waals surface area contributed by atoms with Crippen LogP contribution in [0.15, 0.2) is 17.0 Å². The average Bonchev–Trinajstić information content (AvgIpc) is 3.01. The summed E-state index contributed by atoms with van der Waals surface area (Å²) in [5.74, 6) is 0.523. The van der Waals surface area contributed by atoms with Crippen molar-refractivity contribution in [3.05, 3.63) is 23.6 Å². The Morgan fingerprint density at radius 2 is 2.00 bits per heavy atom. The largest absolute Gasteiger partial charge is 0.470 e. The van der Waals surface area contributed by atoms with Crippen molar-refractivity contribution in [3.63, 3.8) is 0 Å². The van der Waals surface area contributed by atoms with Crippen LogP contribution in [-0.2, 0) is 23.2 Å². The van der Waals surface area contributed by atoms with Gasteiger partial charge in [0.15, 0.2) is 5.82 Å². The predicted molar refractivity (Wildman–Crippen MR) is 91.9 cm³/mol. The number of carbonyl (C=O) groups is 1. The summed E-state index contributed by atoms with van der Waals surface area (Å²) in [5.41, 5.74) is 0. The molecule has 0 spiro atoms. The maximum atomic E-state index is 12.8. The summed E-state index contributed by atoms with van der Waals surface area (Å²) in [5, 5.41) is 8.38. The van der Waals surface area contributed by atoms with E-state index >= 15 is 0 Å². The molecule has 1 aromatic heterocycles. The van der Waals surface area contributed by atoms with Gasteiger partial charge in [-0.3, -0.25) is 0 Å². The lowest BCUT2D eigenvalue weighted by Crippen LogP contribution is -2.23. The van der Waals surface area contributed by atoms with Crippen molar-refractivity contribution in [2.24, 2.45) is 23.9 Å². The highest BCUT2D eigenvalue weighted by Gasteiger charge is 2.39. The van der Waals surface area contributed by atoms with Crippen molar-refractivity contribution in [1.29, 1.82) is 0 Å². The van der Waals surface area contributed by atoms with Crippen LogP contribution in [0.5, 0.6) is 0 Å². The Hall–Kier alpha value is -2.19. The van der Waals surface area contributed by atoms with E-state index in [0.717, 1.165) is 43.9 Å². The highest BCUT2D eigenvalue weighted by atomic mass is 19.4. The first-order valence-corrected chi connectivity index (χ1v) is 9.14. The van der Waals surface area contributed by atoms with E-state index in [4.69, 9.17) is 4.74 Å². The first-order valence-electron chi connectivity index (χ1n) is 9.14. The molecule has 148 valence electrons. The zero-order valence-electron chi connectivity index (χ0n) is 15.2. The minimum absolute atomic E-state index is 0.0116. The highest BCUT2D eigenvalue weighted by molar-refractivity contribution is 5.61. The van der Waals surface area contributed by atoms with Crippen LogP contribution in [0.25, 0.3) is 0 Å². The molecule has 1 atom stereocenters. The summed E-state index contributed by atoms with van der Waals surface area (Å²) < 4.78 is 45.7. The third-order valence-electron chi connectivity index (χ3n) is 5.33. The van der Waals surface area contributed by atoms with Gasteiger partial charge in [-0.25, -0.2) is 4.99 Å². The second-order valence-electron chi connectivity index (χ2n) is 7.14. The third-order valence-corrected chi connectivity index (χ3v) is 5.33. The Kier molecular flexibility index (Phi) is 5.96. The number of aliphatic imine (C=N–C) groups is 1. The van der Waals surface area contributed by atoms with Gasteiger partial charge in [-0.05, 0) is 44.1 Å². The molecule has 2 heterocycles. The second-order valence-corrected chi connectivity index (χ2v) is 7.14. The molecule has 0 aromatic carbocycles. The number of ether oxygens (including phenoxy) is 1. The van der Waals surface area contributed by atoms with Crippen LogP contribution < -0.4 is 0 Å². The van der Waals surface area contributed by atoms with Gasteiger partial charge in [0.1, 0.15) is 18.7 Å². The number of allylic oxidation sites excluding steroid dienone is 1. The summed E-state index contributed by atoms with van der Waals surface area (Å²) in [4.78, 5) is 14.5. The van der Waals surface area contributed by atoms with Crippen molar-refractivity contribution in [2.45, 2.75) is 57.2 Å². The fraction of sp³-hybridized carbons (Fsp3) is 0.667. The fourth-order valence-electron chi connectivity index (χ4n) is 3.64. The van der Waals surface area contributed by atoms with Crippen LogP contribution >= 0.6 is 0 Å². The topological polar surface area (TPSA) is 69.4 Å². The molecular formula is C18H23F3N4O2. The molecule has 9 heteroatoms. The summed E-state index contributed by atoms with van der Waals surface area (Å²) >= 11 is 0. The number of alkyl halides is 3.